The molecule has 9 heteroatoms. The molecule has 3 aromatic rings. The molecule has 0 aliphatic rings. The van der Waals surface area contributed by atoms with Crippen molar-refractivity contribution in [1.29, 1.82) is 0 Å². The van der Waals surface area contributed by atoms with Gasteiger partial charge in [-0.15, -0.1) is 0 Å². The van der Waals surface area contributed by atoms with Crippen molar-refractivity contribution in [3.05, 3.63) is 81.6 Å². The smallest absolute Gasteiger partial charge is 0.277 e. The molecule has 0 bridgehead atoms. The van der Waals surface area contributed by atoms with Gasteiger partial charge in [-0.1, -0.05) is 36.0 Å². The summed E-state index contributed by atoms with van der Waals surface area (Å²) in [6, 6.07) is 11.4. The Morgan fingerprint density at radius 1 is 1.19 bits per heavy atom. The van der Waals surface area contributed by atoms with Crippen LogP contribution >= 0.6 is 11.8 Å². The number of carbonyl (C=O) groups is 1. The van der Waals surface area contributed by atoms with Crippen molar-refractivity contribution in [2.75, 3.05) is 11.1 Å². The third-order valence-electron chi connectivity index (χ3n) is 3.55. The Kier molecular flexibility index (Phi) is 5.51. The zero-order valence-corrected chi connectivity index (χ0v) is 14.6. The van der Waals surface area contributed by atoms with Gasteiger partial charge in [-0.3, -0.25) is 14.6 Å². The molecule has 0 saturated heterocycles. The maximum absolute atomic E-state index is 13.7. The van der Waals surface area contributed by atoms with E-state index in [4.69, 9.17) is 5.73 Å². The van der Waals surface area contributed by atoms with Crippen LogP contribution in [0, 0.1) is 11.6 Å². The van der Waals surface area contributed by atoms with Crippen molar-refractivity contribution < 1.29 is 13.6 Å². The van der Waals surface area contributed by atoms with Crippen molar-refractivity contribution in [2.45, 2.75) is 10.9 Å². The van der Waals surface area contributed by atoms with Gasteiger partial charge in [-0.2, -0.15) is 0 Å². The molecule has 1 heterocycles. The van der Waals surface area contributed by atoms with Crippen molar-refractivity contribution in [3.63, 3.8) is 0 Å². The number of amides is 1. The average molecular weight is 388 g/mol. The van der Waals surface area contributed by atoms with E-state index in [-0.39, 0.29) is 28.0 Å². The van der Waals surface area contributed by atoms with Gasteiger partial charge in [0.1, 0.15) is 17.3 Å². The monoisotopic (exact) mass is 388 g/mol. The number of rotatable bonds is 5. The quantitative estimate of drug-likeness (QED) is 0.460. The molecule has 138 valence electrons. The van der Waals surface area contributed by atoms with Crippen LogP contribution in [0.15, 0.2) is 58.5 Å². The van der Waals surface area contributed by atoms with Gasteiger partial charge >= 0.3 is 0 Å². The summed E-state index contributed by atoms with van der Waals surface area (Å²) in [6.45, 7) is 0. The van der Waals surface area contributed by atoms with Crippen LogP contribution in [0.1, 0.15) is 15.9 Å². The van der Waals surface area contributed by atoms with Crippen LogP contribution < -0.4 is 16.6 Å². The number of nitrogen functional groups attached to an aromatic ring is 1. The number of halogens is 2. The van der Waals surface area contributed by atoms with Gasteiger partial charge < -0.3 is 11.1 Å². The standard InChI is InChI=1S/C18H14F2N4O2S/c19-11-5-3-4-10(8-11)9-27-18-23-15(21)14(17(26)24-18)22-16(25)12-6-1-2-7-13(12)20/h1-8H,9H2,(H,22,25)(H3,21,23,24,26). The second-order valence-corrected chi connectivity index (χ2v) is 6.45. The predicted octanol–water partition coefficient (Wildman–Crippen LogP) is 3.17. The van der Waals surface area contributed by atoms with Crippen LogP contribution in [-0.2, 0) is 5.75 Å². The maximum atomic E-state index is 13.7. The number of aromatic amines is 1. The van der Waals surface area contributed by atoms with Gasteiger partial charge in [0, 0.05) is 5.75 Å². The number of nitrogens with two attached hydrogens (primary N) is 1. The fourth-order valence-corrected chi connectivity index (χ4v) is 3.07. The first kappa shape index (κ1) is 18.6. The molecular formula is C18H14F2N4O2S. The fraction of sp³-hybridized carbons (Fsp3) is 0.0556. The molecule has 3 rings (SSSR count). The van der Waals surface area contributed by atoms with Crippen molar-refractivity contribution in [1.82, 2.24) is 9.97 Å². The van der Waals surface area contributed by atoms with E-state index in [2.05, 4.69) is 15.3 Å². The number of hydrogen-bond acceptors (Lipinski definition) is 5. The Morgan fingerprint density at radius 2 is 1.96 bits per heavy atom. The van der Waals surface area contributed by atoms with Crippen molar-refractivity contribution in [3.8, 4) is 0 Å². The number of nitrogens with one attached hydrogen (secondary N) is 2. The van der Waals surface area contributed by atoms with Gasteiger partial charge in [0.05, 0.1) is 5.56 Å². The lowest BCUT2D eigenvalue weighted by atomic mass is 10.2. The van der Waals surface area contributed by atoms with Gasteiger partial charge in [0.2, 0.25) is 0 Å². The first-order chi connectivity index (χ1) is 12.9. The van der Waals surface area contributed by atoms with E-state index >= 15 is 0 Å². The zero-order chi connectivity index (χ0) is 19.4. The highest BCUT2D eigenvalue weighted by atomic mass is 32.2. The fourth-order valence-electron chi connectivity index (χ4n) is 2.26. The Bertz CT molecular complexity index is 1060. The van der Waals surface area contributed by atoms with Gasteiger partial charge in [0.25, 0.3) is 11.5 Å². The van der Waals surface area contributed by atoms with Crippen molar-refractivity contribution >= 4 is 29.2 Å². The summed E-state index contributed by atoms with van der Waals surface area (Å²) >= 11 is 1.15. The minimum absolute atomic E-state index is 0.204. The highest BCUT2D eigenvalue weighted by molar-refractivity contribution is 7.98. The number of aromatic nitrogens is 2. The van der Waals surface area contributed by atoms with Crippen molar-refractivity contribution in [2.24, 2.45) is 0 Å². The molecule has 0 aliphatic carbocycles. The molecule has 0 unspecified atom stereocenters. The third-order valence-corrected chi connectivity index (χ3v) is 4.49. The van der Waals surface area contributed by atoms with Crippen LogP contribution in [0.4, 0.5) is 20.3 Å². The number of benzene rings is 2. The van der Waals surface area contributed by atoms with Crippen LogP contribution in [0.25, 0.3) is 0 Å². The van der Waals surface area contributed by atoms with E-state index in [9.17, 15) is 18.4 Å². The van der Waals surface area contributed by atoms with E-state index < -0.39 is 17.3 Å². The molecule has 0 atom stereocenters. The topological polar surface area (TPSA) is 101 Å². The summed E-state index contributed by atoms with van der Waals surface area (Å²) in [6.07, 6.45) is 0. The molecule has 0 aliphatic heterocycles. The predicted molar refractivity (Wildman–Crippen MR) is 99.6 cm³/mol. The zero-order valence-electron chi connectivity index (χ0n) is 13.8. The molecule has 1 amide bonds. The Hall–Kier alpha value is -3.20. The average Bonchev–Trinajstić information content (AvgIpc) is 2.63. The van der Waals surface area contributed by atoms with Gasteiger partial charge in [-0.25, -0.2) is 13.8 Å². The number of hydrogen-bond donors (Lipinski definition) is 3. The summed E-state index contributed by atoms with van der Waals surface area (Å²) in [5.74, 6) is -1.74. The maximum Gasteiger partial charge on any atom is 0.277 e. The Balaban J connectivity index is 1.76. The van der Waals surface area contributed by atoms with E-state index in [0.29, 0.717) is 11.3 Å². The molecule has 0 saturated carbocycles. The van der Waals surface area contributed by atoms with E-state index in [0.717, 1.165) is 17.8 Å². The first-order valence-electron chi connectivity index (χ1n) is 7.77. The molecule has 6 nitrogen and oxygen atoms in total. The normalized spacial score (nSPS) is 10.6. The second-order valence-electron chi connectivity index (χ2n) is 5.48. The van der Waals surface area contributed by atoms with Crippen LogP contribution in [0.5, 0.6) is 0 Å². The minimum Gasteiger partial charge on any atom is -0.382 e. The highest BCUT2D eigenvalue weighted by Crippen LogP contribution is 2.21. The molecule has 1 aromatic heterocycles. The molecule has 0 spiro atoms. The number of nitrogens with zero attached hydrogens (tertiary/aromatic N) is 1. The number of carbonyl (C=O) groups excluding carboxylic acids is 1. The molecule has 2 aromatic carbocycles. The van der Waals surface area contributed by atoms with E-state index in [1.807, 2.05) is 0 Å². The summed E-state index contributed by atoms with van der Waals surface area (Å²) in [4.78, 5) is 30.9. The summed E-state index contributed by atoms with van der Waals surface area (Å²) in [7, 11) is 0. The highest BCUT2D eigenvalue weighted by Gasteiger charge is 2.16. The minimum atomic E-state index is -0.813. The lowest BCUT2D eigenvalue weighted by molar-refractivity contribution is 0.102. The SMILES string of the molecule is Nc1nc(SCc2cccc(F)c2)[nH]c(=O)c1NC(=O)c1ccccc1F. The third kappa shape index (κ3) is 4.50. The van der Waals surface area contributed by atoms with Crippen LogP contribution in [0.3, 0.4) is 0 Å². The van der Waals surface area contributed by atoms with Crippen LogP contribution in [-0.4, -0.2) is 15.9 Å². The number of thioether (sulfide) groups is 1. The van der Waals surface area contributed by atoms with E-state index in [1.165, 1.54) is 30.3 Å². The second kappa shape index (κ2) is 8.00. The van der Waals surface area contributed by atoms with E-state index in [1.54, 1.807) is 12.1 Å². The van der Waals surface area contributed by atoms with Crippen LogP contribution in [0.2, 0.25) is 0 Å². The summed E-state index contributed by atoms with van der Waals surface area (Å²) in [5.41, 5.74) is 5.31. The molecule has 4 N–H and O–H groups in total. The van der Waals surface area contributed by atoms with Gasteiger partial charge in [-0.05, 0) is 29.8 Å². The number of H-pyrrole nitrogens is 1. The molecule has 0 fully saturated rings. The van der Waals surface area contributed by atoms with Gasteiger partial charge in [0.15, 0.2) is 11.0 Å². The lowest BCUT2D eigenvalue weighted by Gasteiger charge is -2.09. The largest absolute Gasteiger partial charge is 0.382 e. The molecular weight excluding hydrogens is 374 g/mol. The lowest BCUT2D eigenvalue weighted by Crippen LogP contribution is -2.23. The molecule has 27 heavy (non-hydrogen) atoms. The summed E-state index contributed by atoms with van der Waals surface area (Å²) < 4.78 is 26.9. The first-order valence-corrected chi connectivity index (χ1v) is 8.75. The number of anilines is 2. The Morgan fingerprint density at radius 3 is 2.67 bits per heavy atom. The summed E-state index contributed by atoms with van der Waals surface area (Å²) in [5, 5.41) is 2.49. The Labute approximate surface area is 156 Å². The molecule has 0 radical (unpaired) electrons.